The third-order valence-corrected chi connectivity index (χ3v) is 5.70. The fraction of sp³-hybridized carbons (Fsp3) is 0.476. The van der Waals surface area contributed by atoms with Crippen LogP contribution in [0.3, 0.4) is 0 Å². The first kappa shape index (κ1) is 22.6. The van der Waals surface area contributed by atoms with Crippen LogP contribution in [-0.2, 0) is 24.3 Å². The van der Waals surface area contributed by atoms with Crippen LogP contribution in [0.15, 0.2) is 30.5 Å². The molecule has 7 N–H and O–H groups in total. The summed E-state index contributed by atoms with van der Waals surface area (Å²) in [6, 6.07) is 8.04. The minimum absolute atomic E-state index is 0.0238. The van der Waals surface area contributed by atoms with Gasteiger partial charge in [0, 0.05) is 43.1 Å². The number of hydrogen-bond donors (Lipinski definition) is 6. The summed E-state index contributed by atoms with van der Waals surface area (Å²) in [5.74, 6) is -0.457. The van der Waals surface area contributed by atoms with Gasteiger partial charge in [0.1, 0.15) is 12.6 Å². The molecule has 8 nitrogen and oxygen atoms in total. The minimum atomic E-state index is -0.621. The van der Waals surface area contributed by atoms with E-state index < -0.39 is 5.66 Å². The van der Waals surface area contributed by atoms with Gasteiger partial charge >= 0.3 is 0 Å². The first-order chi connectivity index (χ1) is 14.4. The number of rotatable bonds is 10. The number of fused-ring (bicyclic) bond motifs is 1. The smallest absolute Gasteiger partial charge is 0.239 e. The maximum atomic E-state index is 11.9. The highest BCUT2D eigenvalue weighted by Gasteiger charge is 2.39. The summed E-state index contributed by atoms with van der Waals surface area (Å²) in [5.41, 5.74) is 11.1. The van der Waals surface area contributed by atoms with E-state index in [9.17, 15) is 9.90 Å². The molecule has 1 aromatic heterocycles. The zero-order chi connectivity index (χ0) is 21.7. The summed E-state index contributed by atoms with van der Waals surface area (Å²) in [6.07, 6.45) is 2.69. The molecule has 0 aliphatic carbocycles. The maximum Gasteiger partial charge on any atom is 0.239 e. The number of aliphatic hydroxyl groups is 2. The molecule has 164 valence electrons. The number of anilines is 1. The van der Waals surface area contributed by atoms with Crippen LogP contribution in [0.5, 0.6) is 0 Å². The Balaban J connectivity index is 1.77. The molecule has 1 aliphatic heterocycles. The highest BCUT2D eigenvalue weighted by Crippen LogP contribution is 2.42. The van der Waals surface area contributed by atoms with E-state index in [0.717, 1.165) is 34.5 Å². The van der Waals surface area contributed by atoms with E-state index in [1.165, 1.54) is 4.90 Å². The summed E-state index contributed by atoms with van der Waals surface area (Å²) < 4.78 is 0. The number of aromatic nitrogens is 1. The number of H-pyrrole nitrogens is 1. The predicted octanol–water partition coefficient (Wildman–Crippen LogP) is 1.04. The van der Waals surface area contributed by atoms with Crippen molar-refractivity contribution in [2.45, 2.75) is 38.0 Å². The first-order valence-electron chi connectivity index (χ1n) is 10.00. The van der Waals surface area contributed by atoms with Crippen molar-refractivity contribution in [3.63, 3.8) is 0 Å². The van der Waals surface area contributed by atoms with E-state index in [-0.39, 0.29) is 37.6 Å². The third kappa shape index (κ3) is 5.14. The molecule has 1 aromatic carbocycles. The van der Waals surface area contributed by atoms with E-state index >= 15 is 0 Å². The lowest BCUT2D eigenvalue weighted by atomic mass is 9.86. The molecule has 0 saturated carbocycles. The third-order valence-electron chi connectivity index (χ3n) is 5.47. The molecular weight excluding hydrogens is 406 g/mol. The van der Waals surface area contributed by atoms with Crippen molar-refractivity contribution < 1.29 is 15.0 Å². The lowest BCUT2D eigenvalue weighted by molar-refractivity contribution is -0.132. The van der Waals surface area contributed by atoms with Crippen molar-refractivity contribution in [2.75, 3.05) is 31.1 Å². The average Bonchev–Trinajstić information content (AvgIpc) is 3.27. The quantitative estimate of drug-likeness (QED) is 0.188. The largest absolute Gasteiger partial charge is 0.395 e. The van der Waals surface area contributed by atoms with Crippen LogP contribution < -0.4 is 16.4 Å². The molecule has 30 heavy (non-hydrogen) atoms. The average molecular weight is 436 g/mol. The summed E-state index contributed by atoms with van der Waals surface area (Å²) in [5, 5.41) is 24.9. The molecule has 0 radical (unpaired) electrons. The number of carbonyl (C=O) groups excluding carboxylic acids is 1. The molecule has 1 aliphatic rings. The van der Waals surface area contributed by atoms with Gasteiger partial charge in [-0.05, 0) is 42.2 Å². The summed E-state index contributed by atoms with van der Waals surface area (Å²) >= 11 is 5.63. The molecular formula is C21H30ClN5O3. The number of amides is 1. The van der Waals surface area contributed by atoms with E-state index in [1.54, 1.807) is 0 Å². The Labute approximate surface area is 181 Å². The van der Waals surface area contributed by atoms with Gasteiger partial charge in [0.25, 0.3) is 0 Å². The van der Waals surface area contributed by atoms with Crippen molar-refractivity contribution in [2.24, 2.45) is 5.73 Å². The van der Waals surface area contributed by atoms with Crippen LogP contribution >= 0.6 is 11.6 Å². The number of aliphatic hydroxyl groups excluding tert-OH is 2. The normalized spacial score (nSPS) is 20.1. The number of carbonyl (C=O) groups is 1. The summed E-state index contributed by atoms with van der Waals surface area (Å²) in [7, 11) is 0. The van der Waals surface area contributed by atoms with Crippen LogP contribution in [0.2, 0.25) is 0 Å². The Morgan fingerprint density at radius 2 is 2.13 bits per heavy atom. The number of alkyl halides is 1. The monoisotopic (exact) mass is 435 g/mol. The Hall–Kier alpha value is -2.10. The SMILES string of the molecule is C[C@@]1(N)Nc2ccc(CN(CO)C(=O)CCl)cc2C1Cc1cc(CNCCO)c[nH]1. The van der Waals surface area contributed by atoms with Gasteiger partial charge in [0.2, 0.25) is 5.91 Å². The van der Waals surface area contributed by atoms with Crippen LogP contribution in [0.25, 0.3) is 0 Å². The van der Waals surface area contributed by atoms with Gasteiger partial charge in [-0.15, -0.1) is 11.6 Å². The van der Waals surface area contributed by atoms with Crippen LogP contribution in [0.1, 0.15) is 35.2 Å². The molecule has 3 rings (SSSR count). The van der Waals surface area contributed by atoms with E-state index in [0.29, 0.717) is 13.1 Å². The number of nitrogens with two attached hydrogens (primary N) is 1. The highest BCUT2D eigenvalue weighted by molar-refractivity contribution is 6.27. The number of nitrogens with zero attached hydrogens (tertiary/aromatic N) is 1. The summed E-state index contributed by atoms with van der Waals surface area (Å²) in [4.78, 5) is 16.5. The molecule has 2 atom stereocenters. The molecule has 1 unspecified atom stereocenters. The van der Waals surface area contributed by atoms with Gasteiger partial charge in [0.15, 0.2) is 0 Å². The molecule has 2 heterocycles. The Morgan fingerprint density at radius 1 is 1.33 bits per heavy atom. The van der Waals surface area contributed by atoms with Crippen molar-refractivity contribution in [1.82, 2.24) is 15.2 Å². The van der Waals surface area contributed by atoms with Gasteiger partial charge in [-0.2, -0.15) is 0 Å². The minimum Gasteiger partial charge on any atom is -0.395 e. The number of benzene rings is 1. The van der Waals surface area contributed by atoms with E-state index in [4.69, 9.17) is 22.4 Å². The van der Waals surface area contributed by atoms with Crippen molar-refractivity contribution >= 4 is 23.2 Å². The molecule has 0 saturated heterocycles. The zero-order valence-corrected chi connectivity index (χ0v) is 17.9. The molecule has 0 bridgehead atoms. The van der Waals surface area contributed by atoms with Crippen LogP contribution in [-0.4, -0.2) is 57.4 Å². The maximum absolute atomic E-state index is 11.9. The Bertz CT molecular complexity index is 870. The summed E-state index contributed by atoms with van der Waals surface area (Å²) in [6.45, 7) is 3.23. The first-order valence-corrected chi connectivity index (χ1v) is 10.5. The van der Waals surface area contributed by atoms with E-state index in [2.05, 4.69) is 21.7 Å². The highest BCUT2D eigenvalue weighted by atomic mass is 35.5. The Morgan fingerprint density at radius 3 is 2.83 bits per heavy atom. The molecule has 0 fully saturated rings. The lowest BCUT2D eigenvalue weighted by Gasteiger charge is -2.27. The molecule has 9 heteroatoms. The van der Waals surface area contributed by atoms with Gasteiger partial charge in [-0.25, -0.2) is 0 Å². The molecule has 1 amide bonds. The second-order valence-electron chi connectivity index (χ2n) is 7.89. The van der Waals surface area contributed by atoms with E-state index in [1.807, 2.05) is 31.3 Å². The van der Waals surface area contributed by atoms with Crippen molar-refractivity contribution in [1.29, 1.82) is 0 Å². The number of aromatic amines is 1. The van der Waals surface area contributed by atoms with Crippen LogP contribution in [0, 0.1) is 0 Å². The van der Waals surface area contributed by atoms with Crippen molar-refractivity contribution in [3.8, 4) is 0 Å². The predicted molar refractivity (Wildman–Crippen MR) is 117 cm³/mol. The number of hydrogen-bond acceptors (Lipinski definition) is 6. The number of nitrogens with one attached hydrogen (secondary N) is 3. The van der Waals surface area contributed by atoms with Gasteiger partial charge in [0.05, 0.1) is 12.3 Å². The second kappa shape index (κ2) is 9.80. The van der Waals surface area contributed by atoms with Gasteiger partial charge < -0.3 is 36.5 Å². The topological polar surface area (TPSA) is 127 Å². The van der Waals surface area contributed by atoms with Gasteiger partial charge in [-0.1, -0.05) is 12.1 Å². The lowest BCUT2D eigenvalue weighted by Crippen LogP contribution is -2.46. The van der Waals surface area contributed by atoms with Gasteiger partial charge in [-0.3, -0.25) is 4.79 Å². The second-order valence-corrected chi connectivity index (χ2v) is 8.15. The van der Waals surface area contributed by atoms with Crippen LogP contribution in [0.4, 0.5) is 5.69 Å². The standard InChI is InChI=1S/C21H30ClN5O3/c1-21(23)18(8-16-6-15(11-25-16)10-24-4-5-28)17-7-14(2-3-19(17)26-21)12-27(13-29)20(30)9-22/h2-3,6-7,11,18,24-26,28-29H,4-5,8-10,12-13,23H2,1H3/t18?,21-/m1/s1. The molecule has 0 spiro atoms. The fourth-order valence-electron chi connectivity index (χ4n) is 3.90. The Kier molecular flexibility index (Phi) is 7.38. The van der Waals surface area contributed by atoms with Crippen molar-refractivity contribution in [3.05, 3.63) is 52.8 Å². The fourth-order valence-corrected chi connectivity index (χ4v) is 4.07. The number of halogens is 1. The zero-order valence-electron chi connectivity index (χ0n) is 17.1. The molecule has 2 aromatic rings.